The number of ether oxygens (including phenoxy) is 2. The minimum absolute atomic E-state index is 0.112. The maximum Gasteiger partial charge on any atom is 0.243 e. The van der Waals surface area contributed by atoms with E-state index >= 15 is 0 Å². The zero-order valence-corrected chi connectivity index (χ0v) is 16.1. The molecule has 2 aliphatic rings. The number of hydrogen-bond donors (Lipinski definition) is 1. The molecular weight excluding hydrogens is 383 g/mol. The number of hydrogen-bond acceptors (Lipinski definition) is 4. The highest BCUT2D eigenvalue weighted by Gasteiger charge is 2.60. The molecule has 2 heterocycles. The van der Waals surface area contributed by atoms with E-state index in [0.29, 0.717) is 17.7 Å². The number of fused-ring (bicyclic) bond motifs is 4. The Labute approximate surface area is 172 Å². The molecule has 2 atom stereocenters. The van der Waals surface area contributed by atoms with Crippen molar-refractivity contribution in [3.63, 3.8) is 0 Å². The van der Waals surface area contributed by atoms with Gasteiger partial charge in [-0.05, 0) is 35.4 Å². The fraction of sp³-hybridized carbons (Fsp3) is 0.167. The van der Waals surface area contributed by atoms with Crippen molar-refractivity contribution in [1.29, 1.82) is 5.26 Å². The molecule has 3 aromatic rings. The molecule has 0 radical (unpaired) electrons. The Balaban J connectivity index is 1.69. The van der Waals surface area contributed by atoms with Crippen LogP contribution in [0.25, 0.3) is 0 Å². The number of para-hydroxylation sites is 1. The predicted molar refractivity (Wildman–Crippen MR) is 108 cm³/mol. The van der Waals surface area contributed by atoms with E-state index < -0.39 is 17.3 Å². The maximum atomic E-state index is 14.3. The average Bonchev–Trinajstić information content (AvgIpc) is 3.23. The number of nitriles is 1. The zero-order valence-electron chi connectivity index (χ0n) is 16.1. The number of halogens is 1. The van der Waals surface area contributed by atoms with Gasteiger partial charge < -0.3 is 14.8 Å². The molecule has 3 aromatic carbocycles. The Hall–Kier alpha value is -3.85. The van der Waals surface area contributed by atoms with Gasteiger partial charge in [0.15, 0.2) is 0 Å². The Morgan fingerprint density at radius 3 is 2.67 bits per heavy atom. The molecule has 0 bridgehead atoms. The zero-order chi connectivity index (χ0) is 20.9. The van der Waals surface area contributed by atoms with Crippen molar-refractivity contribution in [1.82, 2.24) is 0 Å². The van der Waals surface area contributed by atoms with Gasteiger partial charge in [-0.2, -0.15) is 5.26 Å². The number of amides is 1. The summed E-state index contributed by atoms with van der Waals surface area (Å²) in [6.45, 7) is 0. The summed E-state index contributed by atoms with van der Waals surface area (Å²) < 4.78 is 25.7. The normalized spacial score (nSPS) is 20.8. The molecule has 2 aliphatic heterocycles. The Bertz CT molecular complexity index is 1220. The van der Waals surface area contributed by atoms with Crippen molar-refractivity contribution in [2.75, 3.05) is 12.4 Å². The Morgan fingerprint density at radius 2 is 1.93 bits per heavy atom. The van der Waals surface area contributed by atoms with Crippen LogP contribution in [-0.2, 0) is 16.6 Å². The molecule has 0 saturated carbocycles. The fourth-order valence-electron chi connectivity index (χ4n) is 4.50. The summed E-state index contributed by atoms with van der Waals surface area (Å²) in [5.74, 6) is 0.116. The van der Waals surface area contributed by atoms with Gasteiger partial charge in [0.1, 0.15) is 34.9 Å². The van der Waals surface area contributed by atoms with Crippen LogP contribution in [0.1, 0.15) is 22.3 Å². The maximum absolute atomic E-state index is 14.3. The number of benzene rings is 3. The number of nitrogens with zero attached hydrogens (tertiary/aromatic N) is 1. The van der Waals surface area contributed by atoms with Gasteiger partial charge in [0, 0.05) is 23.7 Å². The second kappa shape index (κ2) is 6.60. The smallest absolute Gasteiger partial charge is 0.243 e. The molecule has 1 unspecified atom stereocenters. The summed E-state index contributed by atoms with van der Waals surface area (Å²) in [7, 11) is 1.60. The van der Waals surface area contributed by atoms with E-state index in [4.69, 9.17) is 9.47 Å². The Morgan fingerprint density at radius 1 is 1.17 bits per heavy atom. The van der Waals surface area contributed by atoms with Crippen LogP contribution in [0.5, 0.6) is 11.5 Å². The predicted octanol–water partition coefficient (Wildman–Crippen LogP) is 3.95. The van der Waals surface area contributed by atoms with E-state index in [2.05, 4.69) is 5.32 Å². The molecule has 0 fully saturated rings. The van der Waals surface area contributed by atoms with E-state index in [1.54, 1.807) is 7.11 Å². The van der Waals surface area contributed by atoms with E-state index in [1.165, 1.54) is 12.1 Å². The van der Waals surface area contributed by atoms with Gasteiger partial charge in [-0.25, -0.2) is 4.39 Å². The lowest BCUT2D eigenvalue weighted by atomic mass is 9.70. The minimum Gasteiger partial charge on any atom is -0.497 e. The largest absolute Gasteiger partial charge is 0.497 e. The first-order valence-corrected chi connectivity index (χ1v) is 9.52. The van der Waals surface area contributed by atoms with Crippen molar-refractivity contribution in [2.45, 2.75) is 17.9 Å². The summed E-state index contributed by atoms with van der Waals surface area (Å²) in [6, 6.07) is 19.5. The molecule has 5 rings (SSSR count). The summed E-state index contributed by atoms with van der Waals surface area (Å²) >= 11 is 0. The van der Waals surface area contributed by atoms with Gasteiger partial charge >= 0.3 is 0 Å². The molecule has 0 aliphatic carbocycles. The number of carbonyl (C=O) groups is 1. The van der Waals surface area contributed by atoms with Gasteiger partial charge in [0.2, 0.25) is 5.91 Å². The molecule has 1 N–H and O–H groups in total. The highest BCUT2D eigenvalue weighted by atomic mass is 19.1. The van der Waals surface area contributed by atoms with Gasteiger partial charge in [-0.1, -0.05) is 30.3 Å². The fourth-order valence-corrected chi connectivity index (χ4v) is 4.50. The highest BCUT2D eigenvalue weighted by Crippen LogP contribution is 2.54. The first-order valence-electron chi connectivity index (χ1n) is 9.52. The SMILES string of the molecule is COc1ccc(C[C@H]2Oc3cc(F)c(C#N)cc3C23C(=O)Nc2ccccc23)cc1. The molecule has 0 aromatic heterocycles. The first-order chi connectivity index (χ1) is 14.6. The highest BCUT2D eigenvalue weighted by molar-refractivity contribution is 6.10. The van der Waals surface area contributed by atoms with Crippen LogP contribution in [0.4, 0.5) is 10.1 Å². The van der Waals surface area contributed by atoms with Crippen LogP contribution in [-0.4, -0.2) is 19.1 Å². The van der Waals surface area contributed by atoms with Crippen molar-refractivity contribution in [3.05, 3.63) is 88.7 Å². The number of carbonyl (C=O) groups excluding carboxylic acids is 1. The Kier molecular flexibility index (Phi) is 4.00. The van der Waals surface area contributed by atoms with E-state index in [-0.39, 0.29) is 17.2 Å². The average molecular weight is 400 g/mol. The molecule has 30 heavy (non-hydrogen) atoms. The van der Waals surface area contributed by atoms with Crippen LogP contribution in [0.2, 0.25) is 0 Å². The van der Waals surface area contributed by atoms with Crippen LogP contribution in [0, 0.1) is 17.1 Å². The van der Waals surface area contributed by atoms with Crippen molar-refractivity contribution in [3.8, 4) is 17.6 Å². The molecule has 148 valence electrons. The molecular formula is C24H17FN2O3. The molecule has 1 spiro atoms. The van der Waals surface area contributed by atoms with Crippen LogP contribution in [0.3, 0.4) is 0 Å². The van der Waals surface area contributed by atoms with E-state index in [0.717, 1.165) is 16.9 Å². The topological polar surface area (TPSA) is 71.3 Å². The van der Waals surface area contributed by atoms with Crippen LogP contribution >= 0.6 is 0 Å². The third-order valence-corrected chi connectivity index (χ3v) is 5.91. The molecule has 6 heteroatoms. The van der Waals surface area contributed by atoms with Crippen molar-refractivity contribution in [2.24, 2.45) is 0 Å². The number of anilines is 1. The monoisotopic (exact) mass is 400 g/mol. The van der Waals surface area contributed by atoms with Crippen molar-refractivity contribution >= 4 is 11.6 Å². The summed E-state index contributed by atoms with van der Waals surface area (Å²) in [5, 5.41) is 12.3. The molecule has 5 nitrogen and oxygen atoms in total. The quantitative estimate of drug-likeness (QED) is 0.723. The lowest BCUT2D eigenvalue weighted by Crippen LogP contribution is -2.46. The lowest BCUT2D eigenvalue weighted by Gasteiger charge is -2.28. The van der Waals surface area contributed by atoms with E-state index in [9.17, 15) is 14.4 Å². The number of rotatable bonds is 3. The van der Waals surface area contributed by atoms with Crippen LogP contribution < -0.4 is 14.8 Å². The molecule has 1 amide bonds. The van der Waals surface area contributed by atoms with Gasteiger partial charge in [0.05, 0.1) is 12.7 Å². The third-order valence-electron chi connectivity index (χ3n) is 5.91. The lowest BCUT2D eigenvalue weighted by molar-refractivity contribution is -0.121. The van der Waals surface area contributed by atoms with Crippen LogP contribution in [0.15, 0.2) is 60.7 Å². The second-order valence-corrected chi connectivity index (χ2v) is 7.41. The van der Waals surface area contributed by atoms with E-state index in [1.807, 2.05) is 54.6 Å². The van der Waals surface area contributed by atoms with Gasteiger partial charge in [-0.15, -0.1) is 0 Å². The van der Waals surface area contributed by atoms with Crippen molar-refractivity contribution < 1.29 is 18.7 Å². The van der Waals surface area contributed by atoms with Gasteiger partial charge in [-0.3, -0.25) is 4.79 Å². The van der Waals surface area contributed by atoms with Gasteiger partial charge in [0.25, 0.3) is 0 Å². The second-order valence-electron chi connectivity index (χ2n) is 7.41. The summed E-state index contributed by atoms with van der Waals surface area (Å²) in [5.41, 5.74) is 1.65. The standard InChI is InChI=1S/C24H17FN2O3/c1-29-16-8-6-14(7-9-16)10-22-24(17-4-2-3-5-20(17)27-23(24)28)18-11-15(13-26)19(25)12-21(18)30-22/h2-9,11-12,22H,10H2,1H3,(H,27,28)/t22-,24?/m1/s1. The number of methoxy groups -OCH3 is 1. The first kappa shape index (κ1) is 18.2. The summed E-state index contributed by atoms with van der Waals surface area (Å²) in [4.78, 5) is 13.4. The molecule has 0 saturated heterocycles. The minimum atomic E-state index is -1.16. The summed E-state index contributed by atoms with van der Waals surface area (Å²) in [6.07, 6.45) is -0.179. The third kappa shape index (κ3) is 2.42. The number of nitrogens with one attached hydrogen (secondary N) is 1.